The SMILES string of the molecule is O=C(C1CC1)N1C[C@H]2CCC[C@H](C1)C2(O)c1cccnc1F. The second kappa shape index (κ2) is 5.01. The number of pyridine rings is 1. The highest BCUT2D eigenvalue weighted by atomic mass is 19.1. The number of likely N-dealkylation sites (tertiary alicyclic amines) is 1. The first-order chi connectivity index (χ1) is 10.6. The van der Waals surface area contributed by atoms with Gasteiger partial charge in [-0.15, -0.1) is 0 Å². The summed E-state index contributed by atoms with van der Waals surface area (Å²) in [6, 6.07) is 3.32. The molecule has 4 rings (SSSR count). The molecule has 4 nitrogen and oxygen atoms in total. The van der Waals surface area contributed by atoms with E-state index >= 15 is 0 Å². The van der Waals surface area contributed by atoms with Gasteiger partial charge in [0.1, 0.15) is 5.60 Å². The standard InChI is InChI=1S/C17H21FN2O2/c18-15-14(5-2-8-19-15)17(22)12-3-1-4-13(17)10-20(9-12)16(21)11-6-7-11/h2,5,8,11-13,22H,1,3-4,6-7,9-10H2/t12-,13-/m1/s1. The maximum Gasteiger partial charge on any atom is 0.225 e. The Morgan fingerprint density at radius 1 is 1.27 bits per heavy atom. The number of amides is 1. The van der Waals surface area contributed by atoms with Gasteiger partial charge in [-0.25, -0.2) is 4.98 Å². The van der Waals surface area contributed by atoms with E-state index in [1.165, 1.54) is 6.20 Å². The molecule has 0 spiro atoms. The minimum atomic E-state index is -1.18. The van der Waals surface area contributed by atoms with Crippen LogP contribution >= 0.6 is 0 Å². The van der Waals surface area contributed by atoms with Crippen molar-refractivity contribution in [3.8, 4) is 0 Å². The number of piperidine rings is 1. The average molecular weight is 304 g/mol. The summed E-state index contributed by atoms with van der Waals surface area (Å²) in [7, 11) is 0. The van der Waals surface area contributed by atoms with E-state index < -0.39 is 11.5 Å². The first-order valence-electron chi connectivity index (χ1n) is 8.23. The molecule has 0 aromatic carbocycles. The fourth-order valence-corrected chi connectivity index (χ4v) is 4.34. The molecule has 2 bridgehead atoms. The van der Waals surface area contributed by atoms with E-state index in [9.17, 15) is 14.3 Å². The Labute approximate surface area is 129 Å². The predicted octanol–water partition coefficient (Wildman–Crippen LogP) is 2.08. The second-order valence-corrected chi connectivity index (χ2v) is 7.01. The van der Waals surface area contributed by atoms with Crippen molar-refractivity contribution in [1.29, 1.82) is 0 Å². The van der Waals surface area contributed by atoms with Crippen molar-refractivity contribution in [2.45, 2.75) is 37.7 Å². The normalized spacial score (nSPS) is 34.5. The van der Waals surface area contributed by atoms with Crippen molar-refractivity contribution < 1.29 is 14.3 Å². The minimum absolute atomic E-state index is 0.0959. The Morgan fingerprint density at radius 2 is 1.95 bits per heavy atom. The van der Waals surface area contributed by atoms with Crippen LogP contribution < -0.4 is 0 Å². The van der Waals surface area contributed by atoms with Gasteiger partial charge in [0.05, 0.1) is 0 Å². The summed E-state index contributed by atoms with van der Waals surface area (Å²) in [6.07, 6.45) is 6.08. The molecule has 1 saturated heterocycles. The molecule has 0 radical (unpaired) electrons. The summed E-state index contributed by atoms with van der Waals surface area (Å²) in [6.45, 7) is 1.08. The molecule has 5 heteroatoms. The maximum atomic E-state index is 14.2. The molecule has 1 aliphatic heterocycles. The molecule has 1 aromatic heterocycles. The fourth-order valence-electron chi connectivity index (χ4n) is 4.34. The van der Waals surface area contributed by atoms with Gasteiger partial charge < -0.3 is 10.0 Å². The van der Waals surface area contributed by atoms with Gasteiger partial charge in [0, 0.05) is 42.6 Å². The molecular formula is C17H21FN2O2. The highest BCUT2D eigenvalue weighted by molar-refractivity contribution is 5.81. The average Bonchev–Trinajstić information content (AvgIpc) is 3.31. The minimum Gasteiger partial charge on any atom is -0.384 e. The molecule has 118 valence electrons. The second-order valence-electron chi connectivity index (χ2n) is 7.01. The van der Waals surface area contributed by atoms with Crippen LogP contribution in [0.15, 0.2) is 18.3 Å². The number of hydrogen-bond acceptors (Lipinski definition) is 3. The highest BCUT2D eigenvalue weighted by Crippen LogP contribution is 2.50. The van der Waals surface area contributed by atoms with Crippen LogP contribution in [0.25, 0.3) is 0 Å². The number of hydrogen-bond donors (Lipinski definition) is 1. The zero-order valence-corrected chi connectivity index (χ0v) is 12.5. The largest absolute Gasteiger partial charge is 0.384 e. The lowest BCUT2D eigenvalue weighted by atomic mass is 9.62. The lowest BCUT2D eigenvalue weighted by molar-refractivity contribution is -0.165. The van der Waals surface area contributed by atoms with Crippen LogP contribution in [-0.4, -0.2) is 34.0 Å². The molecule has 0 unspecified atom stereocenters. The number of aliphatic hydroxyl groups is 1. The maximum absolute atomic E-state index is 14.2. The van der Waals surface area contributed by atoms with Crippen LogP contribution in [0.1, 0.15) is 37.7 Å². The molecule has 2 atom stereocenters. The van der Waals surface area contributed by atoms with E-state index in [2.05, 4.69) is 4.98 Å². The fraction of sp³-hybridized carbons (Fsp3) is 0.647. The predicted molar refractivity (Wildman–Crippen MR) is 78.2 cm³/mol. The van der Waals surface area contributed by atoms with E-state index in [1.54, 1.807) is 12.1 Å². The Kier molecular flexibility index (Phi) is 3.22. The number of carbonyl (C=O) groups excluding carboxylic acids is 1. The molecule has 2 heterocycles. The van der Waals surface area contributed by atoms with Gasteiger partial charge in [0.2, 0.25) is 11.9 Å². The van der Waals surface area contributed by atoms with Crippen LogP contribution in [0, 0.1) is 23.7 Å². The Bertz CT molecular complexity index is 588. The summed E-state index contributed by atoms with van der Waals surface area (Å²) in [5.41, 5.74) is -0.875. The Hall–Kier alpha value is -1.49. The van der Waals surface area contributed by atoms with Gasteiger partial charge in [0.25, 0.3) is 0 Å². The van der Waals surface area contributed by atoms with E-state index in [1.807, 2.05) is 4.90 Å². The quantitative estimate of drug-likeness (QED) is 0.851. The summed E-state index contributed by atoms with van der Waals surface area (Å²) < 4.78 is 14.2. The number of nitrogens with zero attached hydrogens (tertiary/aromatic N) is 2. The Morgan fingerprint density at radius 3 is 2.55 bits per heavy atom. The molecule has 1 N–H and O–H groups in total. The summed E-state index contributed by atoms with van der Waals surface area (Å²) in [4.78, 5) is 18.0. The van der Waals surface area contributed by atoms with Crippen LogP contribution in [0.2, 0.25) is 0 Å². The van der Waals surface area contributed by atoms with E-state index in [0.29, 0.717) is 18.7 Å². The molecule has 2 aliphatic carbocycles. The lowest BCUT2D eigenvalue weighted by Crippen LogP contribution is -2.59. The first kappa shape index (κ1) is 14.1. The third-order valence-corrected chi connectivity index (χ3v) is 5.66. The number of halogens is 1. The zero-order valence-electron chi connectivity index (χ0n) is 12.5. The van der Waals surface area contributed by atoms with E-state index in [4.69, 9.17) is 0 Å². The number of aromatic nitrogens is 1. The highest BCUT2D eigenvalue weighted by Gasteiger charge is 2.54. The first-order valence-corrected chi connectivity index (χ1v) is 8.23. The smallest absolute Gasteiger partial charge is 0.225 e. The van der Waals surface area contributed by atoms with Crippen molar-refractivity contribution in [1.82, 2.24) is 9.88 Å². The van der Waals surface area contributed by atoms with Gasteiger partial charge in [0.15, 0.2) is 0 Å². The monoisotopic (exact) mass is 304 g/mol. The molecule has 1 aromatic rings. The zero-order chi connectivity index (χ0) is 15.3. The van der Waals surface area contributed by atoms with Gasteiger partial charge in [-0.2, -0.15) is 4.39 Å². The summed E-state index contributed by atoms with van der Waals surface area (Å²) >= 11 is 0. The number of rotatable bonds is 2. The van der Waals surface area contributed by atoms with Crippen LogP contribution in [0.4, 0.5) is 4.39 Å². The van der Waals surface area contributed by atoms with Crippen LogP contribution in [0.3, 0.4) is 0 Å². The number of carbonyl (C=O) groups is 1. The van der Waals surface area contributed by atoms with Gasteiger partial charge in [-0.1, -0.05) is 12.5 Å². The van der Waals surface area contributed by atoms with Crippen molar-refractivity contribution in [3.63, 3.8) is 0 Å². The van der Waals surface area contributed by atoms with Crippen molar-refractivity contribution in [3.05, 3.63) is 29.8 Å². The van der Waals surface area contributed by atoms with E-state index in [0.717, 1.165) is 32.1 Å². The Balaban J connectivity index is 1.67. The van der Waals surface area contributed by atoms with Gasteiger partial charge >= 0.3 is 0 Å². The van der Waals surface area contributed by atoms with Crippen molar-refractivity contribution >= 4 is 5.91 Å². The molecule has 3 fully saturated rings. The van der Waals surface area contributed by atoms with Gasteiger partial charge in [-0.3, -0.25) is 4.79 Å². The topological polar surface area (TPSA) is 53.4 Å². The summed E-state index contributed by atoms with van der Waals surface area (Å²) in [5.74, 6) is -0.348. The number of fused-ring (bicyclic) bond motifs is 2. The summed E-state index contributed by atoms with van der Waals surface area (Å²) in [5, 5.41) is 11.3. The molecule has 3 aliphatic rings. The van der Waals surface area contributed by atoms with Gasteiger partial charge in [-0.05, 0) is 31.7 Å². The lowest BCUT2D eigenvalue weighted by Gasteiger charge is -2.53. The van der Waals surface area contributed by atoms with Crippen LogP contribution in [0.5, 0.6) is 0 Å². The van der Waals surface area contributed by atoms with Crippen molar-refractivity contribution in [2.75, 3.05) is 13.1 Å². The third-order valence-electron chi connectivity index (χ3n) is 5.66. The molecule has 1 amide bonds. The third kappa shape index (κ3) is 2.06. The van der Waals surface area contributed by atoms with E-state index in [-0.39, 0.29) is 23.7 Å². The molecular weight excluding hydrogens is 283 g/mol. The molecule has 2 saturated carbocycles. The molecule has 22 heavy (non-hydrogen) atoms. The van der Waals surface area contributed by atoms with Crippen LogP contribution in [-0.2, 0) is 10.4 Å². The van der Waals surface area contributed by atoms with Crippen molar-refractivity contribution in [2.24, 2.45) is 17.8 Å².